The van der Waals surface area contributed by atoms with E-state index in [4.69, 9.17) is 0 Å². The number of hydrogen-bond donors (Lipinski definition) is 2. The van der Waals surface area contributed by atoms with Crippen molar-refractivity contribution in [3.8, 4) is 0 Å². The molecule has 6 amide bonds. The van der Waals surface area contributed by atoms with E-state index >= 15 is 0 Å². The summed E-state index contributed by atoms with van der Waals surface area (Å²) in [6, 6.07) is 2.79. The quantitative estimate of drug-likeness (QED) is 0.789. The molecule has 0 bridgehead atoms. The number of benzene rings is 1. The van der Waals surface area contributed by atoms with Crippen LogP contribution < -0.4 is 15.5 Å². The van der Waals surface area contributed by atoms with Crippen molar-refractivity contribution in [3.05, 3.63) is 30.1 Å². The molecule has 0 radical (unpaired) electrons. The summed E-state index contributed by atoms with van der Waals surface area (Å²) in [7, 11) is 1.33. The maximum atomic E-state index is 13.0. The first-order valence-corrected chi connectivity index (χ1v) is 6.77. The van der Waals surface area contributed by atoms with Gasteiger partial charge in [-0.1, -0.05) is 0 Å². The summed E-state index contributed by atoms with van der Waals surface area (Å²) in [4.78, 5) is 49.2. The molecule has 1 aromatic carbocycles. The van der Waals surface area contributed by atoms with Crippen LogP contribution in [0.25, 0.3) is 0 Å². The van der Waals surface area contributed by atoms with Gasteiger partial charge in [-0.2, -0.15) is 0 Å². The van der Waals surface area contributed by atoms with Gasteiger partial charge in [0.1, 0.15) is 18.4 Å². The predicted octanol–water partition coefficient (Wildman–Crippen LogP) is 0.438. The van der Waals surface area contributed by atoms with Gasteiger partial charge in [0.15, 0.2) is 0 Å². The molecule has 23 heavy (non-hydrogen) atoms. The van der Waals surface area contributed by atoms with Gasteiger partial charge in [-0.3, -0.25) is 24.7 Å². The number of rotatable bonds is 3. The van der Waals surface area contributed by atoms with E-state index in [2.05, 4.69) is 5.32 Å². The van der Waals surface area contributed by atoms with E-state index in [-0.39, 0.29) is 0 Å². The number of imide groups is 2. The molecule has 122 valence electrons. The SMILES string of the molecule is CNC(=O)NC(=O)CN1C(=O)[C@@H](C)N(c2ccc(F)cc2)C1=O. The molecule has 1 aromatic rings. The summed E-state index contributed by atoms with van der Waals surface area (Å²) in [5.41, 5.74) is 0.339. The van der Waals surface area contributed by atoms with Crippen molar-refractivity contribution in [2.45, 2.75) is 13.0 Å². The van der Waals surface area contributed by atoms with Crippen LogP contribution in [0.1, 0.15) is 6.92 Å². The highest BCUT2D eigenvalue weighted by molar-refractivity contribution is 6.15. The summed E-state index contributed by atoms with van der Waals surface area (Å²) in [6.07, 6.45) is 0. The van der Waals surface area contributed by atoms with Gasteiger partial charge < -0.3 is 5.32 Å². The third kappa shape index (κ3) is 3.28. The maximum Gasteiger partial charge on any atom is 0.332 e. The lowest BCUT2D eigenvalue weighted by molar-refractivity contribution is -0.131. The van der Waals surface area contributed by atoms with Gasteiger partial charge in [-0.25, -0.2) is 14.0 Å². The Morgan fingerprint density at radius 1 is 1.22 bits per heavy atom. The second-order valence-electron chi connectivity index (χ2n) is 4.86. The Morgan fingerprint density at radius 3 is 2.39 bits per heavy atom. The molecule has 2 N–H and O–H groups in total. The van der Waals surface area contributed by atoms with Gasteiger partial charge in [0.2, 0.25) is 5.91 Å². The largest absolute Gasteiger partial charge is 0.341 e. The molecule has 1 aliphatic rings. The van der Waals surface area contributed by atoms with Gasteiger partial charge in [-0.15, -0.1) is 0 Å². The molecular formula is C14H15FN4O4. The number of urea groups is 2. The summed E-state index contributed by atoms with van der Waals surface area (Å²) in [5.74, 6) is -1.84. The van der Waals surface area contributed by atoms with Crippen LogP contribution in [0.4, 0.5) is 19.7 Å². The Labute approximate surface area is 131 Å². The van der Waals surface area contributed by atoms with E-state index in [1.165, 1.54) is 38.2 Å². The molecule has 8 nitrogen and oxygen atoms in total. The van der Waals surface area contributed by atoms with Crippen molar-refractivity contribution in [2.75, 3.05) is 18.5 Å². The molecule has 2 rings (SSSR count). The average molecular weight is 322 g/mol. The van der Waals surface area contributed by atoms with E-state index in [1.807, 2.05) is 5.32 Å². The van der Waals surface area contributed by atoms with Gasteiger partial charge >= 0.3 is 12.1 Å². The lowest BCUT2D eigenvalue weighted by Crippen LogP contribution is -2.45. The summed E-state index contributed by atoms with van der Waals surface area (Å²) < 4.78 is 13.0. The minimum absolute atomic E-state index is 0.339. The lowest BCUT2D eigenvalue weighted by Gasteiger charge is -2.19. The number of anilines is 1. The number of amides is 6. The van der Waals surface area contributed by atoms with Gasteiger partial charge in [0.05, 0.1) is 0 Å². The van der Waals surface area contributed by atoms with Gasteiger partial charge in [0, 0.05) is 12.7 Å². The minimum Gasteiger partial charge on any atom is -0.341 e. The van der Waals surface area contributed by atoms with E-state index in [0.717, 1.165) is 9.80 Å². The molecule has 0 aromatic heterocycles. The Balaban J connectivity index is 2.16. The van der Waals surface area contributed by atoms with Crippen molar-refractivity contribution in [2.24, 2.45) is 0 Å². The zero-order valence-electron chi connectivity index (χ0n) is 12.5. The summed E-state index contributed by atoms with van der Waals surface area (Å²) in [6.45, 7) is 0.924. The molecule has 1 aliphatic heterocycles. The zero-order chi connectivity index (χ0) is 17.1. The topological polar surface area (TPSA) is 98.8 Å². The first kappa shape index (κ1) is 16.4. The van der Waals surface area contributed by atoms with Crippen LogP contribution in [0, 0.1) is 5.82 Å². The smallest absolute Gasteiger partial charge is 0.332 e. The van der Waals surface area contributed by atoms with Crippen molar-refractivity contribution in [1.82, 2.24) is 15.5 Å². The third-order valence-electron chi connectivity index (χ3n) is 3.33. The zero-order valence-corrected chi connectivity index (χ0v) is 12.5. The summed E-state index contributed by atoms with van der Waals surface area (Å²) >= 11 is 0. The Hall–Kier alpha value is -2.97. The number of nitrogens with one attached hydrogen (secondary N) is 2. The molecule has 0 spiro atoms. The maximum absolute atomic E-state index is 13.0. The van der Waals surface area contributed by atoms with Gasteiger partial charge in [-0.05, 0) is 31.2 Å². The number of nitrogens with zero attached hydrogens (tertiary/aromatic N) is 2. The monoisotopic (exact) mass is 322 g/mol. The fourth-order valence-electron chi connectivity index (χ4n) is 2.18. The molecule has 9 heteroatoms. The Bertz CT molecular complexity index is 661. The van der Waals surface area contributed by atoms with Crippen LogP contribution in [-0.2, 0) is 9.59 Å². The first-order chi connectivity index (χ1) is 10.8. The van der Waals surface area contributed by atoms with E-state index in [0.29, 0.717) is 5.69 Å². The molecule has 1 fully saturated rings. The van der Waals surface area contributed by atoms with Gasteiger partial charge in [0.25, 0.3) is 5.91 Å². The summed E-state index contributed by atoms with van der Waals surface area (Å²) in [5, 5.41) is 4.16. The highest BCUT2D eigenvalue weighted by Gasteiger charge is 2.44. The van der Waals surface area contributed by atoms with Crippen molar-refractivity contribution >= 4 is 29.6 Å². The highest BCUT2D eigenvalue weighted by Crippen LogP contribution is 2.25. The first-order valence-electron chi connectivity index (χ1n) is 6.77. The second kappa shape index (κ2) is 6.42. The second-order valence-corrected chi connectivity index (χ2v) is 4.86. The number of hydrogen-bond acceptors (Lipinski definition) is 4. The molecular weight excluding hydrogens is 307 g/mol. The molecule has 0 saturated carbocycles. The van der Waals surface area contributed by atoms with E-state index < -0.39 is 42.3 Å². The minimum atomic E-state index is -0.833. The average Bonchev–Trinajstić information content (AvgIpc) is 2.72. The molecule has 0 unspecified atom stereocenters. The third-order valence-corrected chi connectivity index (χ3v) is 3.33. The van der Waals surface area contributed by atoms with Crippen molar-refractivity contribution in [3.63, 3.8) is 0 Å². The fourth-order valence-corrected chi connectivity index (χ4v) is 2.18. The fraction of sp³-hybridized carbons (Fsp3) is 0.286. The molecule has 1 saturated heterocycles. The van der Waals surface area contributed by atoms with Crippen LogP contribution in [0.15, 0.2) is 24.3 Å². The van der Waals surface area contributed by atoms with Crippen LogP contribution in [0.2, 0.25) is 0 Å². The van der Waals surface area contributed by atoms with Crippen LogP contribution >= 0.6 is 0 Å². The lowest BCUT2D eigenvalue weighted by atomic mass is 10.2. The highest BCUT2D eigenvalue weighted by atomic mass is 19.1. The normalized spacial score (nSPS) is 17.4. The number of halogens is 1. The number of carbonyl (C=O) groups excluding carboxylic acids is 4. The van der Waals surface area contributed by atoms with Crippen LogP contribution in [0.3, 0.4) is 0 Å². The number of carbonyl (C=O) groups is 4. The molecule has 1 heterocycles. The van der Waals surface area contributed by atoms with Crippen molar-refractivity contribution < 1.29 is 23.6 Å². The molecule has 0 aliphatic carbocycles. The van der Waals surface area contributed by atoms with E-state index in [1.54, 1.807) is 0 Å². The predicted molar refractivity (Wildman–Crippen MR) is 78.0 cm³/mol. The standard InChI is InChI=1S/C14H15FN4O4/c1-8-12(21)18(7-11(20)17-13(22)16-2)14(23)19(8)10-5-3-9(15)4-6-10/h3-6,8H,7H2,1-2H3,(H2,16,17,20,22)/t8-/m1/s1. The van der Waals surface area contributed by atoms with Crippen LogP contribution in [-0.4, -0.2) is 48.4 Å². The van der Waals surface area contributed by atoms with E-state index in [9.17, 15) is 23.6 Å². The van der Waals surface area contributed by atoms with Crippen molar-refractivity contribution in [1.29, 1.82) is 0 Å². The Morgan fingerprint density at radius 2 is 1.83 bits per heavy atom. The molecule has 1 atom stereocenters. The Kier molecular flexibility index (Phi) is 4.58. The van der Waals surface area contributed by atoms with Crippen LogP contribution in [0.5, 0.6) is 0 Å².